The van der Waals surface area contributed by atoms with Crippen LogP contribution in [0, 0.1) is 37.8 Å². The van der Waals surface area contributed by atoms with Crippen LogP contribution in [0.5, 0.6) is 0 Å². The average molecular weight is 560 g/mol. The van der Waals surface area contributed by atoms with Crippen LogP contribution in [0.15, 0.2) is 88.9 Å². The second-order valence-electron chi connectivity index (χ2n) is 9.27. The van der Waals surface area contributed by atoms with Crippen LogP contribution in [0.4, 0.5) is 11.4 Å². The van der Waals surface area contributed by atoms with Gasteiger partial charge in [0.1, 0.15) is 12.2 Å². The molecule has 0 radical (unpaired) electrons. The molecule has 206 valence electrons. The Balaban J connectivity index is 1.61. The monoisotopic (exact) mass is 559 g/mol. The number of nitrogens with one attached hydrogen (secondary N) is 1. The minimum Gasteiger partial charge on any atom is -0.317 e. The summed E-state index contributed by atoms with van der Waals surface area (Å²) >= 11 is 0. The van der Waals surface area contributed by atoms with Crippen molar-refractivity contribution < 1.29 is 18.1 Å². The highest BCUT2D eigenvalue weighted by Gasteiger charge is 2.31. The predicted molar refractivity (Wildman–Crippen MR) is 155 cm³/mol. The molecule has 0 unspecified atom stereocenters. The van der Waals surface area contributed by atoms with Gasteiger partial charge in [0.05, 0.1) is 21.7 Å². The van der Waals surface area contributed by atoms with Gasteiger partial charge in [-0.05, 0) is 63.1 Å². The minimum absolute atomic E-state index is 0.108. The van der Waals surface area contributed by atoms with Crippen molar-refractivity contribution in [3.63, 3.8) is 0 Å². The number of carbonyl (C=O) groups excluding carboxylic acids is 1. The highest BCUT2D eigenvalue weighted by molar-refractivity contribution is 7.92. The number of nitrogens with zero attached hydrogens (tertiary/aromatic N) is 4. The molecule has 1 heterocycles. The average Bonchev–Trinajstić information content (AvgIpc) is 3.20. The van der Waals surface area contributed by atoms with Crippen molar-refractivity contribution in [3.05, 3.63) is 117 Å². The van der Waals surface area contributed by atoms with Gasteiger partial charge >= 0.3 is 0 Å². The number of benzene rings is 3. The number of carbonyl (C=O) groups is 1. The number of sulfonamides is 1. The lowest BCUT2D eigenvalue weighted by Gasteiger charge is -2.23. The van der Waals surface area contributed by atoms with Crippen molar-refractivity contribution in [1.82, 2.24) is 9.99 Å². The topological polar surface area (TPSA) is 127 Å². The van der Waals surface area contributed by atoms with Crippen LogP contribution < -0.4 is 9.73 Å². The van der Waals surface area contributed by atoms with E-state index in [1.807, 2.05) is 52.0 Å². The lowest BCUT2D eigenvalue weighted by atomic mass is 10.1. The number of aryl methyl sites for hydroxylation is 3. The minimum atomic E-state index is -4.32. The van der Waals surface area contributed by atoms with Crippen molar-refractivity contribution in [2.45, 2.75) is 32.6 Å². The van der Waals surface area contributed by atoms with Crippen molar-refractivity contribution >= 4 is 33.5 Å². The van der Waals surface area contributed by atoms with Crippen LogP contribution >= 0.6 is 0 Å². The molecule has 0 bridgehead atoms. The van der Waals surface area contributed by atoms with E-state index in [-0.39, 0.29) is 10.6 Å². The first-order valence-corrected chi connectivity index (χ1v) is 13.8. The molecule has 0 atom stereocenters. The van der Waals surface area contributed by atoms with Crippen LogP contribution in [-0.2, 0) is 14.8 Å². The molecule has 3 aromatic carbocycles. The Morgan fingerprint density at radius 3 is 2.25 bits per heavy atom. The lowest BCUT2D eigenvalue weighted by Crippen LogP contribution is -2.39. The Morgan fingerprint density at radius 1 is 0.975 bits per heavy atom. The maximum atomic E-state index is 13.5. The molecule has 0 spiro atoms. The van der Waals surface area contributed by atoms with Gasteiger partial charge in [-0.25, -0.2) is 18.1 Å². The number of aromatic nitrogens is 1. The molecule has 0 aliphatic heterocycles. The third kappa shape index (κ3) is 5.64. The SMILES string of the molecule is Cc1cccc(C)c1-n1c(C)cc(/C=N/NC(=O)CN(c2ccccc2[N+](=O)[O-])S(=O)(=O)c2ccccc2)c1C. The number of hydrogen-bond donors (Lipinski definition) is 1. The Hall–Kier alpha value is -4.77. The van der Waals surface area contributed by atoms with Gasteiger partial charge in [-0.1, -0.05) is 48.5 Å². The lowest BCUT2D eigenvalue weighted by molar-refractivity contribution is -0.384. The second kappa shape index (κ2) is 11.5. The molecule has 1 amide bonds. The van der Waals surface area contributed by atoms with Crippen molar-refractivity contribution in [2.75, 3.05) is 10.8 Å². The van der Waals surface area contributed by atoms with Crippen molar-refractivity contribution in [3.8, 4) is 5.69 Å². The molecule has 0 fully saturated rings. The zero-order chi connectivity index (χ0) is 29.0. The van der Waals surface area contributed by atoms with Crippen LogP contribution in [0.2, 0.25) is 0 Å². The number of hydrogen-bond acceptors (Lipinski definition) is 6. The summed E-state index contributed by atoms with van der Waals surface area (Å²) in [6.45, 7) is 7.29. The van der Waals surface area contributed by atoms with E-state index in [0.29, 0.717) is 0 Å². The maximum absolute atomic E-state index is 13.5. The normalized spacial score (nSPS) is 11.5. The van der Waals surface area contributed by atoms with Crippen LogP contribution in [-0.4, -0.2) is 36.6 Å². The standard InChI is InChI=1S/C29H29N5O5S/c1-20-11-10-12-21(2)29(20)33-22(3)17-24(23(33)4)18-30-31-28(35)19-32(26-15-8-9-16-27(26)34(36)37)40(38,39)25-13-6-5-7-14-25/h5-18H,19H2,1-4H3,(H,31,35)/b30-18+. The van der Waals surface area contributed by atoms with Gasteiger partial charge in [-0.2, -0.15) is 5.10 Å². The number of nitro groups is 1. The van der Waals surface area contributed by atoms with Crippen LogP contribution in [0.3, 0.4) is 0 Å². The smallest absolute Gasteiger partial charge is 0.293 e. The van der Waals surface area contributed by atoms with E-state index in [1.165, 1.54) is 54.7 Å². The van der Waals surface area contributed by atoms with E-state index in [9.17, 15) is 23.3 Å². The molecule has 4 rings (SSSR count). The summed E-state index contributed by atoms with van der Waals surface area (Å²) < 4.78 is 29.8. The number of nitro benzene ring substituents is 1. The molecule has 11 heteroatoms. The van der Waals surface area contributed by atoms with Crippen LogP contribution in [0.25, 0.3) is 5.69 Å². The first-order valence-electron chi connectivity index (χ1n) is 12.4. The van der Waals surface area contributed by atoms with Gasteiger partial charge in [0, 0.05) is 23.0 Å². The van der Waals surface area contributed by atoms with Gasteiger partial charge in [-0.15, -0.1) is 0 Å². The number of hydrazone groups is 1. The number of para-hydroxylation sites is 3. The Labute approximate surface area is 232 Å². The number of rotatable bonds is 9. The van der Waals surface area contributed by atoms with Gasteiger partial charge in [0.15, 0.2) is 0 Å². The molecule has 0 aliphatic rings. The molecule has 0 saturated carbocycles. The number of amides is 1. The summed E-state index contributed by atoms with van der Waals surface area (Å²) in [5.41, 5.74) is 7.68. The fraction of sp³-hybridized carbons (Fsp3) is 0.172. The highest BCUT2D eigenvalue weighted by Crippen LogP contribution is 2.32. The van der Waals surface area contributed by atoms with E-state index >= 15 is 0 Å². The molecule has 1 N–H and O–H groups in total. The first kappa shape index (κ1) is 28.2. The molecule has 0 aliphatic carbocycles. The fourth-order valence-electron chi connectivity index (χ4n) is 4.61. The molecular weight excluding hydrogens is 530 g/mol. The third-order valence-corrected chi connectivity index (χ3v) is 8.27. The van der Waals surface area contributed by atoms with Crippen molar-refractivity contribution in [2.24, 2.45) is 5.10 Å². The quantitative estimate of drug-likeness (QED) is 0.176. The third-order valence-electron chi connectivity index (χ3n) is 6.49. The van der Waals surface area contributed by atoms with Gasteiger partial charge in [-0.3, -0.25) is 14.9 Å². The van der Waals surface area contributed by atoms with E-state index in [4.69, 9.17) is 0 Å². The second-order valence-corrected chi connectivity index (χ2v) is 11.1. The molecule has 4 aromatic rings. The molecular formula is C29H29N5O5S. The number of anilines is 1. The van der Waals surface area contributed by atoms with Gasteiger partial charge in [0.2, 0.25) is 0 Å². The molecule has 0 saturated heterocycles. The van der Waals surface area contributed by atoms with Crippen molar-refractivity contribution in [1.29, 1.82) is 0 Å². The van der Waals surface area contributed by atoms with E-state index in [2.05, 4.69) is 15.1 Å². The molecule has 1 aromatic heterocycles. The summed E-state index contributed by atoms with van der Waals surface area (Å²) in [5.74, 6) is -0.766. The molecule has 40 heavy (non-hydrogen) atoms. The van der Waals surface area contributed by atoms with E-state index in [1.54, 1.807) is 6.07 Å². The zero-order valence-corrected chi connectivity index (χ0v) is 23.3. The summed E-state index contributed by atoms with van der Waals surface area (Å²) in [4.78, 5) is 23.8. The summed E-state index contributed by atoms with van der Waals surface area (Å²) in [7, 11) is -4.32. The summed E-state index contributed by atoms with van der Waals surface area (Å²) in [6, 6.07) is 20.8. The van der Waals surface area contributed by atoms with Gasteiger partial charge < -0.3 is 4.57 Å². The zero-order valence-electron chi connectivity index (χ0n) is 22.5. The Kier molecular flexibility index (Phi) is 8.15. The maximum Gasteiger partial charge on any atom is 0.293 e. The fourth-order valence-corrected chi connectivity index (χ4v) is 6.07. The summed E-state index contributed by atoms with van der Waals surface area (Å²) in [5, 5.41) is 15.7. The predicted octanol–water partition coefficient (Wildman–Crippen LogP) is 4.96. The Bertz CT molecular complexity index is 1690. The highest BCUT2D eigenvalue weighted by atomic mass is 32.2. The largest absolute Gasteiger partial charge is 0.317 e. The van der Waals surface area contributed by atoms with Crippen LogP contribution in [0.1, 0.15) is 28.1 Å². The Morgan fingerprint density at radius 2 is 1.60 bits per heavy atom. The van der Waals surface area contributed by atoms with E-state index < -0.39 is 33.1 Å². The summed E-state index contributed by atoms with van der Waals surface area (Å²) in [6.07, 6.45) is 1.49. The van der Waals surface area contributed by atoms with E-state index in [0.717, 1.165) is 38.1 Å². The van der Waals surface area contributed by atoms with Gasteiger partial charge in [0.25, 0.3) is 21.6 Å². The first-order chi connectivity index (χ1) is 19.0. The molecule has 10 nitrogen and oxygen atoms in total.